The lowest BCUT2D eigenvalue weighted by Gasteiger charge is -2.04. The van der Waals surface area contributed by atoms with Crippen LogP contribution >= 0.6 is 11.3 Å². The van der Waals surface area contributed by atoms with Gasteiger partial charge in [0.15, 0.2) is 5.13 Å². The molecular formula is C13H12F2N2OS. The van der Waals surface area contributed by atoms with E-state index in [-0.39, 0.29) is 5.75 Å². The van der Waals surface area contributed by atoms with Crippen molar-refractivity contribution in [2.45, 2.75) is 25.5 Å². The summed E-state index contributed by atoms with van der Waals surface area (Å²) in [5.74, 6) is 0.158. The van der Waals surface area contributed by atoms with E-state index in [4.69, 9.17) is 0 Å². The van der Waals surface area contributed by atoms with Crippen LogP contribution in [-0.4, -0.2) is 17.6 Å². The maximum absolute atomic E-state index is 12.0. The Bertz CT molecular complexity index is 552. The van der Waals surface area contributed by atoms with Gasteiger partial charge in [0, 0.05) is 17.0 Å². The second-order valence-corrected chi connectivity index (χ2v) is 5.22. The first kappa shape index (κ1) is 12.3. The van der Waals surface area contributed by atoms with Gasteiger partial charge in [-0.3, -0.25) is 0 Å². The normalized spacial score (nSPS) is 14.7. The minimum Gasteiger partial charge on any atom is -0.435 e. The molecule has 19 heavy (non-hydrogen) atoms. The third-order valence-electron chi connectivity index (χ3n) is 2.78. The number of hydrogen-bond donors (Lipinski definition) is 1. The molecule has 100 valence electrons. The maximum Gasteiger partial charge on any atom is 0.387 e. The first-order valence-corrected chi connectivity index (χ1v) is 6.86. The molecule has 1 N–H and O–H groups in total. The third-order valence-corrected chi connectivity index (χ3v) is 3.56. The molecule has 0 aliphatic heterocycles. The highest BCUT2D eigenvalue weighted by Crippen LogP contribution is 2.30. The Hall–Kier alpha value is -1.69. The van der Waals surface area contributed by atoms with Gasteiger partial charge in [-0.25, -0.2) is 4.98 Å². The summed E-state index contributed by atoms with van der Waals surface area (Å²) in [6, 6.07) is 7.08. The van der Waals surface area contributed by atoms with E-state index in [2.05, 4.69) is 15.0 Å². The number of hydrogen-bond acceptors (Lipinski definition) is 4. The van der Waals surface area contributed by atoms with Crippen molar-refractivity contribution >= 4 is 16.5 Å². The Morgan fingerprint density at radius 3 is 2.63 bits per heavy atom. The lowest BCUT2D eigenvalue weighted by atomic mass is 10.2. The number of halogens is 2. The van der Waals surface area contributed by atoms with Crippen LogP contribution in [0.5, 0.6) is 5.75 Å². The van der Waals surface area contributed by atoms with Crippen molar-refractivity contribution in [2.24, 2.45) is 0 Å². The third kappa shape index (κ3) is 3.20. The number of ether oxygens (including phenoxy) is 1. The molecule has 0 spiro atoms. The predicted molar refractivity (Wildman–Crippen MR) is 70.8 cm³/mol. The molecule has 1 aliphatic rings. The fraction of sp³-hybridized carbons (Fsp3) is 0.308. The molecule has 1 saturated carbocycles. The number of nitrogens with zero attached hydrogens (tertiary/aromatic N) is 1. The largest absolute Gasteiger partial charge is 0.435 e. The van der Waals surface area contributed by atoms with Crippen molar-refractivity contribution in [3.05, 3.63) is 29.6 Å². The van der Waals surface area contributed by atoms with Crippen LogP contribution in [0.3, 0.4) is 0 Å². The van der Waals surface area contributed by atoms with E-state index >= 15 is 0 Å². The number of thiazole rings is 1. The van der Waals surface area contributed by atoms with Crippen molar-refractivity contribution in [2.75, 3.05) is 5.32 Å². The Kier molecular flexibility index (Phi) is 3.33. The number of benzene rings is 1. The number of rotatable bonds is 5. The summed E-state index contributed by atoms with van der Waals surface area (Å²) >= 11 is 1.55. The van der Waals surface area contributed by atoms with Crippen LogP contribution in [0, 0.1) is 0 Å². The van der Waals surface area contributed by atoms with Crippen LogP contribution in [-0.2, 0) is 0 Å². The van der Waals surface area contributed by atoms with Crippen molar-refractivity contribution in [1.29, 1.82) is 0 Å². The Morgan fingerprint density at radius 2 is 2.00 bits per heavy atom. The van der Waals surface area contributed by atoms with Gasteiger partial charge in [0.2, 0.25) is 0 Å². The van der Waals surface area contributed by atoms with Gasteiger partial charge in [0.1, 0.15) is 5.75 Å². The molecule has 1 aliphatic carbocycles. The van der Waals surface area contributed by atoms with E-state index in [1.54, 1.807) is 23.5 Å². The van der Waals surface area contributed by atoms with Crippen LogP contribution in [0.25, 0.3) is 11.3 Å². The average Bonchev–Trinajstić information content (AvgIpc) is 3.06. The first-order valence-electron chi connectivity index (χ1n) is 5.98. The molecule has 6 heteroatoms. The molecule has 1 fully saturated rings. The number of nitrogens with one attached hydrogen (secondary N) is 1. The van der Waals surface area contributed by atoms with Crippen molar-refractivity contribution in [3.63, 3.8) is 0 Å². The predicted octanol–water partition coefficient (Wildman–Crippen LogP) is 3.99. The van der Waals surface area contributed by atoms with E-state index in [1.807, 2.05) is 5.38 Å². The quantitative estimate of drug-likeness (QED) is 0.900. The van der Waals surface area contributed by atoms with Crippen LogP contribution in [0.15, 0.2) is 29.6 Å². The van der Waals surface area contributed by atoms with E-state index in [0.717, 1.165) is 16.4 Å². The summed E-state index contributed by atoms with van der Waals surface area (Å²) in [7, 11) is 0. The van der Waals surface area contributed by atoms with Gasteiger partial charge >= 0.3 is 6.61 Å². The highest BCUT2D eigenvalue weighted by molar-refractivity contribution is 7.14. The number of alkyl halides is 2. The lowest BCUT2D eigenvalue weighted by molar-refractivity contribution is -0.0498. The van der Waals surface area contributed by atoms with Crippen LogP contribution in [0.1, 0.15) is 12.8 Å². The Morgan fingerprint density at radius 1 is 1.26 bits per heavy atom. The molecule has 0 unspecified atom stereocenters. The second kappa shape index (κ2) is 5.13. The molecular weight excluding hydrogens is 270 g/mol. The van der Waals surface area contributed by atoms with Gasteiger partial charge in [-0.15, -0.1) is 11.3 Å². The molecule has 1 aromatic heterocycles. The molecule has 0 saturated heterocycles. The van der Waals surface area contributed by atoms with E-state index < -0.39 is 6.61 Å². The van der Waals surface area contributed by atoms with Crippen molar-refractivity contribution in [1.82, 2.24) is 4.98 Å². The molecule has 0 bridgehead atoms. The van der Waals surface area contributed by atoms with Crippen LogP contribution < -0.4 is 10.1 Å². The summed E-state index contributed by atoms with van der Waals surface area (Å²) in [6.07, 6.45) is 2.41. The highest BCUT2D eigenvalue weighted by Gasteiger charge is 2.22. The minimum atomic E-state index is -2.79. The van der Waals surface area contributed by atoms with Gasteiger partial charge in [0.05, 0.1) is 5.69 Å². The van der Waals surface area contributed by atoms with Gasteiger partial charge < -0.3 is 10.1 Å². The molecule has 3 nitrogen and oxygen atoms in total. The molecule has 3 rings (SSSR count). The van der Waals surface area contributed by atoms with E-state index in [1.165, 1.54) is 25.0 Å². The van der Waals surface area contributed by atoms with Gasteiger partial charge in [-0.1, -0.05) is 0 Å². The minimum absolute atomic E-state index is 0.158. The zero-order chi connectivity index (χ0) is 13.2. The molecule has 0 amide bonds. The van der Waals surface area contributed by atoms with Gasteiger partial charge in [-0.2, -0.15) is 8.78 Å². The summed E-state index contributed by atoms with van der Waals surface area (Å²) in [4.78, 5) is 4.47. The molecule has 1 heterocycles. The topological polar surface area (TPSA) is 34.1 Å². The lowest BCUT2D eigenvalue weighted by Crippen LogP contribution is -2.01. The standard InChI is InChI=1S/C13H12F2N2OS/c14-12(15)18-10-5-1-8(2-6-10)11-7-19-13(17-11)16-9-3-4-9/h1-2,5-7,9,12H,3-4H2,(H,16,17). The van der Waals surface area contributed by atoms with E-state index in [0.29, 0.717) is 6.04 Å². The second-order valence-electron chi connectivity index (χ2n) is 4.36. The number of anilines is 1. The first-order chi connectivity index (χ1) is 9.20. The molecule has 2 aromatic rings. The van der Waals surface area contributed by atoms with Gasteiger partial charge in [-0.05, 0) is 37.1 Å². The summed E-state index contributed by atoms with van der Waals surface area (Å²) in [5, 5.41) is 6.19. The monoisotopic (exact) mass is 282 g/mol. The van der Waals surface area contributed by atoms with Crippen molar-refractivity contribution in [3.8, 4) is 17.0 Å². The highest BCUT2D eigenvalue weighted by atomic mass is 32.1. The fourth-order valence-electron chi connectivity index (χ4n) is 1.68. The summed E-state index contributed by atoms with van der Waals surface area (Å²) < 4.78 is 28.4. The average molecular weight is 282 g/mol. The fourth-order valence-corrected chi connectivity index (χ4v) is 2.48. The number of aromatic nitrogens is 1. The van der Waals surface area contributed by atoms with Gasteiger partial charge in [0.25, 0.3) is 0 Å². The van der Waals surface area contributed by atoms with Crippen LogP contribution in [0.2, 0.25) is 0 Å². The smallest absolute Gasteiger partial charge is 0.387 e. The molecule has 0 atom stereocenters. The van der Waals surface area contributed by atoms with Crippen molar-refractivity contribution < 1.29 is 13.5 Å². The Labute approximate surface area is 113 Å². The molecule has 1 aromatic carbocycles. The molecule has 0 radical (unpaired) electrons. The zero-order valence-corrected chi connectivity index (χ0v) is 10.8. The van der Waals surface area contributed by atoms with Crippen LogP contribution in [0.4, 0.5) is 13.9 Å². The summed E-state index contributed by atoms with van der Waals surface area (Å²) in [5.41, 5.74) is 1.73. The SMILES string of the molecule is FC(F)Oc1ccc(-c2csc(NC3CC3)n2)cc1. The zero-order valence-electron chi connectivity index (χ0n) is 9.98. The van der Waals surface area contributed by atoms with E-state index in [9.17, 15) is 8.78 Å². The Balaban J connectivity index is 1.71. The summed E-state index contributed by atoms with van der Waals surface area (Å²) in [6.45, 7) is -2.79. The maximum atomic E-state index is 12.0.